The van der Waals surface area contributed by atoms with Gasteiger partial charge in [0.05, 0.1) is 6.61 Å². The van der Waals surface area contributed by atoms with Gasteiger partial charge in [0, 0.05) is 46.1 Å². The molecule has 2 saturated heterocycles. The molecule has 6 nitrogen and oxygen atoms in total. The van der Waals surface area contributed by atoms with Crippen LogP contribution in [0.25, 0.3) is 0 Å². The van der Waals surface area contributed by atoms with E-state index >= 15 is 0 Å². The average Bonchev–Trinajstić information content (AvgIpc) is 2.52. The molecular weight excluding hydrogens is 260 g/mol. The van der Waals surface area contributed by atoms with Gasteiger partial charge in [0.15, 0.2) is 0 Å². The zero-order valence-corrected chi connectivity index (χ0v) is 12.1. The SMILES string of the molecule is O=C(NCCCOCC1CCOCC1)C1CNCCO1. The monoisotopic (exact) mass is 286 g/mol. The minimum atomic E-state index is -0.341. The van der Waals surface area contributed by atoms with Gasteiger partial charge in [-0.15, -0.1) is 0 Å². The van der Waals surface area contributed by atoms with E-state index < -0.39 is 0 Å². The van der Waals surface area contributed by atoms with Crippen molar-refractivity contribution in [1.29, 1.82) is 0 Å². The predicted molar refractivity (Wildman–Crippen MR) is 74.6 cm³/mol. The molecule has 2 N–H and O–H groups in total. The molecule has 2 heterocycles. The van der Waals surface area contributed by atoms with Crippen LogP contribution in [0.15, 0.2) is 0 Å². The molecule has 2 aliphatic heterocycles. The average molecular weight is 286 g/mol. The third kappa shape index (κ3) is 5.75. The van der Waals surface area contributed by atoms with Crippen LogP contribution >= 0.6 is 0 Å². The summed E-state index contributed by atoms with van der Waals surface area (Å²) in [5.74, 6) is 0.613. The lowest BCUT2D eigenvalue weighted by Gasteiger charge is -2.23. The second-order valence-corrected chi connectivity index (χ2v) is 5.34. The first kappa shape index (κ1) is 15.7. The number of hydrogen-bond donors (Lipinski definition) is 2. The minimum Gasteiger partial charge on any atom is -0.381 e. The van der Waals surface area contributed by atoms with E-state index in [0.29, 0.717) is 32.2 Å². The topological polar surface area (TPSA) is 68.8 Å². The van der Waals surface area contributed by atoms with Gasteiger partial charge >= 0.3 is 0 Å². The van der Waals surface area contributed by atoms with E-state index in [1.807, 2.05) is 0 Å². The number of amides is 1. The third-order valence-electron chi connectivity index (χ3n) is 3.68. The Morgan fingerprint density at radius 2 is 2.15 bits per heavy atom. The zero-order chi connectivity index (χ0) is 14.0. The summed E-state index contributed by atoms with van der Waals surface area (Å²) in [4.78, 5) is 11.7. The second-order valence-electron chi connectivity index (χ2n) is 5.34. The van der Waals surface area contributed by atoms with Crippen molar-refractivity contribution in [2.75, 3.05) is 52.7 Å². The fourth-order valence-corrected chi connectivity index (χ4v) is 2.40. The first-order valence-electron chi connectivity index (χ1n) is 7.62. The molecule has 0 aromatic heterocycles. The Balaban J connectivity index is 1.43. The summed E-state index contributed by atoms with van der Waals surface area (Å²) in [6.45, 7) is 5.90. The van der Waals surface area contributed by atoms with Crippen LogP contribution in [0.1, 0.15) is 19.3 Å². The second kappa shape index (κ2) is 9.28. The van der Waals surface area contributed by atoms with E-state index in [-0.39, 0.29) is 12.0 Å². The largest absolute Gasteiger partial charge is 0.381 e. The number of ether oxygens (including phenoxy) is 3. The lowest BCUT2D eigenvalue weighted by Crippen LogP contribution is -2.48. The molecule has 1 atom stereocenters. The van der Waals surface area contributed by atoms with Gasteiger partial charge in [-0.2, -0.15) is 0 Å². The smallest absolute Gasteiger partial charge is 0.250 e. The molecule has 1 amide bonds. The van der Waals surface area contributed by atoms with Crippen molar-refractivity contribution < 1.29 is 19.0 Å². The van der Waals surface area contributed by atoms with Crippen LogP contribution in [0.2, 0.25) is 0 Å². The summed E-state index contributed by atoms with van der Waals surface area (Å²) < 4.78 is 16.3. The Morgan fingerprint density at radius 3 is 2.90 bits per heavy atom. The van der Waals surface area contributed by atoms with Crippen LogP contribution in [0, 0.1) is 5.92 Å². The fraction of sp³-hybridized carbons (Fsp3) is 0.929. The highest BCUT2D eigenvalue weighted by atomic mass is 16.5. The van der Waals surface area contributed by atoms with E-state index in [0.717, 1.165) is 45.6 Å². The van der Waals surface area contributed by atoms with Gasteiger partial charge in [0.1, 0.15) is 6.10 Å². The summed E-state index contributed by atoms with van der Waals surface area (Å²) >= 11 is 0. The summed E-state index contributed by atoms with van der Waals surface area (Å²) in [5, 5.41) is 6.03. The summed E-state index contributed by atoms with van der Waals surface area (Å²) in [6, 6.07) is 0. The normalized spacial score (nSPS) is 24.5. The van der Waals surface area contributed by atoms with E-state index in [4.69, 9.17) is 14.2 Å². The van der Waals surface area contributed by atoms with E-state index in [9.17, 15) is 4.79 Å². The fourth-order valence-electron chi connectivity index (χ4n) is 2.40. The van der Waals surface area contributed by atoms with Crippen LogP contribution in [0.3, 0.4) is 0 Å². The molecular formula is C14H26N2O4. The van der Waals surface area contributed by atoms with Gasteiger partial charge in [-0.1, -0.05) is 0 Å². The number of carbonyl (C=O) groups excluding carboxylic acids is 1. The number of rotatable bonds is 7. The first-order valence-corrected chi connectivity index (χ1v) is 7.62. The molecule has 0 radical (unpaired) electrons. The standard InChI is InChI=1S/C14H26N2O4/c17-14(13-10-15-5-9-20-13)16-4-1-6-19-11-12-2-7-18-8-3-12/h12-13,15H,1-11H2,(H,16,17). The Morgan fingerprint density at radius 1 is 1.30 bits per heavy atom. The number of morpholine rings is 1. The molecule has 2 fully saturated rings. The molecule has 0 spiro atoms. The minimum absolute atomic E-state index is 0.0263. The molecule has 20 heavy (non-hydrogen) atoms. The highest BCUT2D eigenvalue weighted by molar-refractivity contribution is 5.81. The molecule has 1 unspecified atom stereocenters. The van der Waals surface area contributed by atoms with Crippen molar-refractivity contribution >= 4 is 5.91 Å². The van der Waals surface area contributed by atoms with Gasteiger partial charge in [-0.05, 0) is 25.2 Å². The number of hydrogen-bond acceptors (Lipinski definition) is 5. The summed E-state index contributed by atoms with van der Waals surface area (Å²) in [7, 11) is 0. The molecule has 0 saturated carbocycles. The molecule has 116 valence electrons. The summed E-state index contributed by atoms with van der Waals surface area (Å²) in [5.41, 5.74) is 0. The first-order chi connectivity index (χ1) is 9.86. The lowest BCUT2D eigenvalue weighted by atomic mass is 10.0. The van der Waals surface area contributed by atoms with E-state index in [1.165, 1.54) is 0 Å². The maximum absolute atomic E-state index is 11.7. The van der Waals surface area contributed by atoms with Gasteiger partial charge < -0.3 is 24.8 Å². The summed E-state index contributed by atoms with van der Waals surface area (Å²) in [6.07, 6.45) is 2.70. The van der Waals surface area contributed by atoms with Crippen LogP contribution < -0.4 is 10.6 Å². The number of nitrogens with one attached hydrogen (secondary N) is 2. The van der Waals surface area contributed by atoms with Crippen LogP contribution in [0.4, 0.5) is 0 Å². The number of carbonyl (C=O) groups is 1. The van der Waals surface area contributed by atoms with E-state index in [1.54, 1.807) is 0 Å². The Labute approximate surface area is 120 Å². The molecule has 0 aromatic rings. The van der Waals surface area contributed by atoms with Crippen molar-refractivity contribution in [3.8, 4) is 0 Å². The quantitative estimate of drug-likeness (QED) is 0.641. The van der Waals surface area contributed by atoms with Crippen molar-refractivity contribution in [2.45, 2.75) is 25.4 Å². The van der Waals surface area contributed by atoms with Crippen molar-refractivity contribution in [3.63, 3.8) is 0 Å². The highest BCUT2D eigenvalue weighted by Gasteiger charge is 2.20. The predicted octanol–water partition coefficient (Wildman–Crippen LogP) is -0.0757. The van der Waals surface area contributed by atoms with Gasteiger partial charge in [0.25, 0.3) is 0 Å². The Bertz CT molecular complexity index is 276. The van der Waals surface area contributed by atoms with Crippen LogP contribution in [-0.2, 0) is 19.0 Å². The molecule has 2 aliphatic rings. The maximum atomic E-state index is 11.7. The maximum Gasteiger partial charge on any atom is 0.250 e. The van der Waals surface area contributed by atoms with Crippen molar-refractivity contribution in [1.82, 2.24) is 10.6 Å². The van der Waals surface area contributed by atoms with Crippen LogP contribution in [0.5, 0.6) is 0 Å². The highest BCUT2D eigenvalue weighted by Crippen LogP contribution is 2.14. The molecule has 6 heteroatoms. The zero-order valence-electron chi connectivity index (χ0n) is 12.1. The molecule has 2 rings (SSSR count). The van der Waals surface area contributed by atoms with Crippen molar-refractivity contribution in [3.05, 3.63) is 0 Å². The van der Waals surface area contributed by atoms with Gasteiger partial charge in [0.2, 0.25) is 5.91 Å². The molecule has 0 aliphatic carbocycles. The van der Waals surface area contributed by atoms with Crippen LogP contribution in [-0.4, -0.2) is 64.7 Å². The third-order valence-corrected chi connectivity index (χ3v) is 3.68. The van der Waals surface area contributed by atoms with Gasteiger partial charge in [-0.25, -0.2) is 0 Å². The van der Waals surface area contributed by atoms with Gasteiger partial charge in [-0.3, -0.25) is 4.79 Å². The Hall–Kier alpha value is -0.690. The Kier molecular flexibility index (Phi) is 7.28. The lowest BCUT2D eigenvalue weighted by molar-refractivity contribution is -0.134. The molecule has 0 aromatic carbocycles. The molecule has 0 bridgehead atoms. The van der Waals surface area contributed by atoms with E-state index in [2.05, 4.69) is 10.6 Å². The van der Waals surface area contributed by atoms with Crippen molar-refractivity contribution in [2.24, 2.45) is 5.92 Å².